The highest BCUT2D eigenvalue weighted by Gasteiger charge is 2.61. The maximum Gasteiger partial charge on any atom is 0.451 e. The first-order valence-corrected chi connectivity index (χ1v) is 9.65. The summed E-state index contributed by atoms with van der Waals surface area (Å²) in [7, 11) is 0. The summed E-state index contributed by atoms with van der Waals surface area (Å²) >= 11 is 0. The molecule has 2 aromatic rings. The Morgan fingerprint density at radius 3 is 2.39 bits per heavy atom. The molecule has 1 aromatic heterocycles. The summed E-state index contributed by atoms with van der Waals surface area (Å²) in [5.74, 6) is -0.791. The molecule has 4 aliphatic carbocycles. The number of carbonyl (C=O) groups is 1. The molecule has 1 aromatic carbocycles. The standard InChI is InChI=1S/C20H21F3N4O/c21-20(22,23)15-24-17(27-26-15)25-16(28)19-9-12-6-13(10-19)8-18(7-12,11-19)14-4-2-1-3-5-14/h1-5,12-13H,6-11H2,(H2,24,25,26,27,28). The lowest BCUT2D eigenvalue weighted by molar-refractivity contribution is -0.145. The van der Waals surface area contributed by atoms with E-state index in [1.807, 2.05) is 23.3 Å². The molecule has 0 saturated heterocycles. The lowest BCUT2D eigenvalue weighted by Crippen LogP contribution is -2.58. The van der Waals surface area contributed by atoms with E-state index in [2.05, 4.69) is 27.5 Å². The summed E-state index contributed by atoms with van der Waals surface area (Å²) in [6, 6.07) is 10.3. The molecule has 148 valence electrons. The predicted octanol–water partition coefficient (Wildman–Crippen LogP) is 4.30. The smallest absolute Gasteiger partial charge is 0.293 e. The summed E-state index contributed by atoms with van der Waals surface area (Å²) in [5.41, 5.74) is 0.705. The van der Waals surface area contributed by atoms with E-state index in [0.717, 1.165) is 38.5 Å². The average molecular weight is 390 g/mol. The summed E-state index contributed by atoms with van der Waals surface area (Å²) in [4.78, 5) is 16.6. The van der Waals surface area contributed by atoms with Crippen molar-refractivity contribution in [2.75, 3.05) is 5.32 Å². The fourth-order valence-corrected chi connectivity index (χ4v) is 6.34. The van der Waals surface area contributed by atoms with Gasteiger partial charge >= 0.3 is 6.18 Å². The van der Waals surface area contributed by atoms with Crippen LogP contribution in [0.4, 0.5) is 19.1 Å². The van der Waals surface area contributed by atoms with Gasteiger partial charge in [0.2, 0.25) is 17.7 Å². The maximum absolute atomic E-state index is 13.2. The van der Waals surface area contributed by atoms with Crippen molar-refractivity contribution in [1.29, 1.82) is 0 Å². The van der Waals surface area contributed by atoms with Crippen LogP contribution in [-0.4, -0.2) is 21.1 Å². The minimum Gasteiger partial charge on any atom is -0.293 e. The Bertz CT molecular complexity index is 894. The van der Waals surface area contributed by atoms with Crippen LogP contribution in [0.15, 0.2) is 30.3 Å². The van der Waals surface area contributed by atoms with E-state index in [0.29, 0.717) is 11.8 Å². The number of aromatic amines is 1. The van der Waals surface area contributed by atoms with E-state index in [-0.39, 0.29) is 17.3 Å². The molecule has 28 heavy (non-hydrogen) atoms. The lowest BCUT2D eigenvalue weighted by atomic mass is 9.42. The topological polar surface area (TPSA) is 70.7 Å². The van der Waals surface area contributed by atoms with Crippen molar-refractivity contribution in [2.45, 2.75) is 50.1 Å². The summed E-state index contributed by atoms with van der Waals surface area (Å²) < 4.78 is 38.2. The van der Waals surface area contributed by atoms with Crippen LogP contribution in [0.5, 0.6) is 0 Å². The second-order valence-electron chi connectivity index (χ2n) is 8.85. The quantitative estimate of drug-likeness (QED) is 0.821. The third-order valence-corrected chi connectivity index (χ3v) is 6.91. The second kappa shape index (κ2) is 5.81. The van der Waals surface area contributed by atoms with E-state index >= 15 is 0 Å². The zero-order valence-electron chi connectivity index (χ0n) is 15.2. The fraction of sp³-hybridized carbons (Fsp3) is 0.550. The number of carbonyl (C=O) groups excluding carboxylic acids is 1. The number of H-pyrrole nitrogens is 1. The van der Waals surface area contributed by atoms with Gasteiger partial charge in [-0.1, -0.05) is 30.3 Å². The zero-order chi connectivity index (χ0) is 19.6. The van der Waals surface area contributed by atoms with Crippen LogP contribution in [-0.2, 0) is 16.4 Å². The number of halogens is 3. The summed E-state index contributed by atoms with van der Waals surface area (Å²) in [6.45, 7) is 0. The Morgan fingerprint density at radius 2 is 1.79 bits per heavy atom. The predicted molar refractivity (Wildman–Crippen MR) is 95.2 cm³/mol. The van der Waals surface area contributed by atoms with Crippen molar-refractivity contribution in [2.24, 2.45) is 17.3 Å². The lowest BCUT2D eigenvalue weighted by Gasteiger charge is -2.61. The third-order valence-electron chi connectivity index (χ3n) is 6.91. The second-order valence-corrected chi connectivity index (χ2v) is 8.85. The Kier molecular flexibility index (Phi) is 3.67. The van der Waals surface area contributed by atoms with Crippen LogP contribution in [0.3, 0.4) is 0 Å². The highest BCUT2D eigenvalue weighted by molar-refractivity contribution is 5.94. The average Bonchev–Trinajstić information content (AvgIpc) is 3.10. The van der Waals surface area contributed by atoms with Gasteiger partial charge in [-0.2, -0.15) is 18.2 Å². The molecule has 5 nitrogen and oxygen atoms in total. The van der Waals surface area contributed by atoms with Crippen molar-refractivity contribution in [3.8, 4) is 0 Å². The van der Waals surface area contributed by atoms with Gasteiger partial charge in [-0.3, -0.25) is 15.2 Å². The van der Waals surface area contributed by atoms with E-state index in [4.69, 9.17) is 0 Å². The highest BCUT2D eigenvalue weighted by atomic mass is 19.4. The van der Waals surface area contributed by atoms with Crippen molar-refractivity contribution >= 4 is 11.9 Å². The molecule has 1 heterocycles. The number of amides is 1. The maximum atomic E-state index is 13.2. The van der Waals surface area contributed by atoms with Gasteiger partial charge in [0.25, 0.3) is 0 Å². The van der Waals surface area contributed by atoms with Crippen LogP contribution in [0.1, 0.15) is 49.9 Å². The molecule has 0 radical (unpaired) electrons. The number of aromatic nitrogens is 3. The molecule has 4 aliphatic rings. The van der Waals surface area contributed by atoms with Crippen molar-refractivity contribution in [1.82, 2.24) is 15.2 Å². The number of benzene rings is 1. The van der Waals surface area contributed by atoms with E-state index in [1.54, 1.807) is 0 Å². The first-order valence-electron chi connectivity index (χ1n) is 9.65. The first kappa shape index (κ1) is 17.7. The van der Waals surface area contributed by atoms with E-state index in [9.17, 15) is 18.0 Å². The molecule has 8 heteroatoms. The first-order chi connectivity index (χ1) is 13.3. The minimum absolute atomic E-state index is 0.0151. The van der Waals surface area contributed by atoms with E-state index < -0.39 is 17.4 Å². The summed E-state index contributed by atoms with van der Waals surface area (Å²) in [6.07, 6.45) is 1.01. The van der Waals surface area contributed by atoms with Crippen LogP contribution < -0.4 is 5.32 Å². The number of alkyl halides is 3. The van der Waals surface area contributed by atoms with Gasteiger partial charge in [0.05, 0.1) is 5.41 Å². The molecule has 4 fully saturated rings. The van der Waals surface area contributed by atoms with Gasteiger partial charge in [0.15, 0.2) is 0 Å². The highest BCUT2D eigenvalue weighted by Crippen LogP contribution is 2.65. The minimum atomic E-state index is -4.62. The molecule has 0 spiro atoms. The molecule has 2 N–H and O–H groups in total. The number of rotatable bonds is 3. The van der Waals surface area contributed by atoms with Gasteiger partial charge < -0.3 is 0 Å². The number of nitrogens with one attached hydrogen (secondary N) is 2. The number of anilines is 1. The molecule has 2 unspecified atom stereocenters. The van der Waals surface area contributed by atoms with Gasteiger partial charge in [0.1, 0.15) is 0 Å². The Balaban J connectivity index is 1.43. The normalized spacial score (nSPS) is 33.8. The van der Waals surface area contributed by atoms with Gasteiger partial charge in [-0.25, -0.2) is 0 Å². The van der Waals surface area contributed by atoms with Crippen molar-refractivity contribution < 1.29 is 18.0 Å². The van der Waals surface area contributed by atoms with Crippen LogP contribution >= 0.6 is 0 Å². The summed E-state index contributed by atoms with van der Waals surface area (Å²) in [5, 5.41) is 7.96. The SMILES string of the molecule is O=C(Nc1n[nH]c(C(F)(F)F)n1)C12CC3CC(C1)CC(c1ccccc1)(C3)C2. The third kappa shape index (κ3) is 2.72. The Hall–Kier alpha value is -2.38. The molecule has 4 bridgehead atoms. The van der Waals surface area contributed by atoms with Gasteiger partial charge in [-0.05, 0) is 61.3 Å². The number of hydrogen-bond acceptors (Lipinski definition) is 3. The monoisotopic (exact) mass is 390 g/mol. The van der Waals surface area contributed by atoms with Gasteiger partial charge in [-0.15, -0.1) is 5.10 Å². The zero-order valence-corrected chi connectivity index (χ0v) is 15.2. The Labute approximate surface area is 160 Å². The van der Waals surface area contributed by atoms with Crippen LogP contribution in [0, 0.1) is 17.3 Å². The molecule has 6 rings (SSSR count). The fourth-order valence-electron chi connectivity index (χ4n) is 6.34. The molecule has 4 saturated carbocycles. The number of hydrogen-bond donors (Lipinski definition) is 2. The van der Waals surface area contributed by atoms with E-state index in [1.165, 1.54) is 5.56 Å². The molecule has 2 atom stereocenters. The molecule has 1 amide bonds. The molecular weight excluding hydrogens is 369 g/mol. The van der Waals surface area contributed by atoms with Gasteiger partial charge in [0, 0.05) is 0 Å². The van der Waals surface area contributed by atoms with Crippen molar-refractivity contribution in [3.05, 3.63) is 41.7 Å². The molecule has 0 aliphatic heterocycles. The Morgan fingerprint density at radius 1 is 1.11 bits per heavy atom. The number of nitrogens with zero attached hydrogens (tertiary/aromatic N) is 2. The molecular formula is C20H21F3N4O. The van der Waals surface area contributed by atoms with Crippen molar-refractivity contribution in [3.63, 3.8) is 0 Å². The van der Waals surface area contributed by atoms with Crippen LogP contribution in [0.2, 0.25) is 0 Å². The largest absolute Gasteiger partial charge is 0.451 e. The van der Waals surface area contributed by atoms with Crippen LogP contribution in [0.25, 0.3) is 0 Å².